The summed E-state index contributed by atoms with van der Waals surface area (Å²) in [5, 5.41) is 0. The molecule has 0 radical (unpaired) electrons. The molecule has 0 unspecified atom stereocenters. The number of likely N-dealkylation sites (tertiary alicyclic amines) is 1. The standard InChI is InChI=1S/C23H28N4O2/c1-17-25-21-16-18(8-9-22(21)27(17)19-6-3-2-4-7-19)23(28)26-13-10-20(11-14-26)29-15-5-12-24/h2-4,6-9,16,20H,5,10-15,24H2,1H3. The molecule has 2 heterocycles. The molecule has 1 aromatic heterocycles. The average molecular weight is 393 g/mol. The van der Waals surface area contributed by atoms with E-state index < -0.39 is 0 Å². The lowest BCUT2D eigenvalue weighted by molar-refractivity contribution is 0.00845. The van der Waals surface area contributed by atoms with Crippen molar-refractivity contribution in [1.82, 2.24) is 14.5 Å². The number of aryl methyl sites for hydroxylation is 1. The van der Waals surface area contributed by atoms with Gasteiger partial charge in [-0.05, 0) is 63.1 Å². The highest BCUT2D eigenvalue weighted by molar-refractivity contribution is 5.97. The molecule has 1 aliphatic rings. The number of rotatable bonds is 6. The summed E-state index contributed by atoms with van der Waals surface area (Å²) in [6.45, 7) is 4.79. The molecule has 1 aliphatic heterocycles. The summed E-state index contributed by atoms with van der Waals surface area (Å²) >= 11 is 0. The molecule has 2 N–H and O–H groups in total. The Morgan fingerprint density at radius 3 is 2.66 bits per heavy atom. The molecule has 0 spiro atoms. The highest BCUT2D eigenvalue weighted by atomic mass is 16.5. The summed E-state index contributed by atoms with van der Waals surface area (Å²) < 4.78 is 7.96. The summed E-state index contributed by atoms with van der Waals surface area (Å²) in [4.78, 5) is 19.6. The number of piperidine rings is 1. The van der Waals surface area contributed by atoms with Crippen molar-refractivity contribution < 1.29 is 9.53 Å². The molecule has 6 heteroatoms. The number of benzene rings is 2. The number of carbonyl (C=O) groups excluding carboxylic acids is 1. The Labute approximate surface area is 171 Å². The first-order valence-electron chi connectivity index (χ1n) is 10.3. The van der Waals surface area contributed by atoms with Gasteiger partial charge in [0.2, 0.25) is 0 Å². The van der Waals surface area contributed by atoms with Gasteiger partial charge in [0.15, 0.2) is 0 Å². The van der Waals surface area contributed by atoms with Gasteiger partial charge in [-0.1, -0.05) is 18.2 Å². The molecule has 6 nitrogen and oxygen atoms in total. The molecule has 29 heavy (non-hydrogen) atoms. The fourth-order valence-electron chi connectivity index (χ4n) is 3.98. The summed E-state index contributed by atoms with van der Waals surface area (Å²) in [7, 11) is 0. The van der Waals surface area contributed by atoms with Crippen molar-refractivity contribution in [3.63, 3.8) is 0 Å². The number of para-hydroxylation sites is 1. The van der Waals surface area contributed by atoms with Crippen LogP contribution in [0, 0.1) is 6.92 Å². The van der Waals surface area contributed by atoms with Crippen molar-refractivity contribution in [2.75, 3.05) is 26.2 Å². The zero-order valence-electron chi connectivity index (χ0n) is 16.9. The number of aromatic nitrogens is 2. The maximum absolute atomic E-state index is 13.0. The lowest BCUT2D eigenvalue weighted by Crippen LogP contribution is -2.41. The van der Waals surface area contributed by atoms with Gasteiger partial charge in [0.05, 0.1) is 17.1 Å². The highest BCUT2D eigenvalue weighted by Crippen LogP contribution is 2.24. The van der Waals surface area contributed by atoms with Crippen LogP contribution in [-0.4, -0.2) is 52.7 Å². The van der Waals surface area contributed by atoms with Crippen LogP contribution in [0.3, 0.4) is 0 Å². The number of fused-ring (bicyclic) bond motifs is 1. The van der Waals surface area contributed by atoms with Crippen LogP contribution in [-0.2, 0) is 4.74 Å². The quantitative estimate of drug-likeness (QED) is 0.653. The van der Waals surface area contributed by atoms with E-state index in [9.17, 15) is 4.79 Å². The Morgan fingerprint density at radius 2 is 1.93 bits per heavy atom. The molecule has 0 aliphatic carbocycles. The Morgan fingerprint density at radius 1 is 1.17 bits per heavy atom. The smallest absolute Gasteiger partial charge is 0.253 e. The average Bonchev–Trinajstić information content (AvgIpc) is 3.09. The van der Waals surface area contributed by atoms with Crippen molar-refractivity contribution in [3.05, 3.63) is 59.9 Å². The molecule has 152 valence electrons. The van der Waals surface area contributed by atoms with Crippen LogP contribution in [0.5, 0.6) is 0 Å². The van der Waals surface area contributed by atoms with Crippen LogP contribution in [0.15, 0.2) is 48.5 Å². The van der Waals surface area contributed by atoms with E-state index in [2.05, 4.69) is 16.7 Å². The Bertz CT molecular complexity index is 975. The maximum Gasteiger partial charge on any atom is 0.253 e. The molecule has 4 rings (SSSR count). The second-order valence-corrected chi connectivity index (χ2v) is 7.54. The highest BCUT2D eigenvalue weighted by Gasteiger charge is 2.24. The number of carbonyl (C=O) groups is 1. The van der Waals surface area contributed by atoms with Crippen molar-refractivity contribution >= 4 is 16.9 Å². The predicted molar refractivity (Wildman–Crippen MR) is 114 cm³/mol. The van der Waals surface area contributed by atoms with Gasteiger partial charge >= 0.3 is 0 Å². The monoisotopic (exact) mass is 392 g/mol. The Hall–Kier alpha value is -2.70. The topological polar surface area (TPSA) is 73.4 Å². The van der Waals surface area contributed by atoms with Crippen LogP contribution in [0.4, 0.5) is 0 Å². The minimum absolute atomic E-state index is 0.0687. The van der Waals surface area contributed by atoms with Crippen molar-refractivity contribution in [2.24, 2.45) is 5.73 Å². The molecular formula is C23H28N4O2. The van der Waals surface area contributed by atoms with E-state index in [1.807, 2.05) is 48.2 Å². The van der Waals surface area contributed by atoms with Crippen molar-refractivity contribution in [2.45, 2.75) is 32.3 Å². The lowest BCUT2D eigenvalue weighted by atomic mass is 10.1. The molecule has 3 aromatic rings. The number of ether oxygens (including phenoxy) is 1. The fourth-order valence-corrected chi connectivity index (χ4v) is 3.98. The number of hydrogen-bond donors (Lipinski definition) is 1. The summed E-state index contributed by atoms with van der Waals surface area (Å²) in [6, 6.07) is 16.0. The van der Waals surface area contributed by atoms with Crippen LogP contribution in [0.2, 0.25) is 0 Å². The predicted octanol–water partition coefficient (Wildman–Crippen LogP) is 3.30. The summed E-state index contributed by atoms with van der Waals surface area (Å²) in [6.07, 6.45) is 2.87. The molecule has 2 aromatic carbocycles. The zero-order valence-corrected chi connectivity index (χ0v) is 16.9. The van der Waals surface area contributed by atoms with Gasteiger partial charge in [0.1, 0.15) is 5.82 Å². The van der Waals surface area contributed by atoms with E-state index in [1.54, 1.807) is 0 Å². The number of amides is 1. The van der Waals surface area contributed by atoms with E-state index in [0.717, 1.165) is 54.9 Å². The molecule has 0 saturated carbocycles. The van der Waals surface area contributed by atoms with E-state index in [-0.39, 0.29) is 12.0 Å². The Balaban J connectivity index is 1.48. The largest absolute Gasteiger partial charge is 0.378 e. The summed E-state index contributed by atoms with van der Waals surface area (Å²) in [5.41, 5.74) is 9.13. The minimum Gasteiger partial charge on any atom is -0.378 e. The number of nitrogens with zero attached hydrogens (tertiary/aromatic N) is 3. The van der Waals surface area contributed by atoms with Crippen LogP contribution < -0.4 is 5.73 Å². The van der Waals surface area contributed by atoms with E-state index >= 15 is 0 Å². The van der Waals surface area contributed by atoms with Crippen molar-refractivity contribution in [3.8, 4) is 5.69 Å². The van der Waals surface area contributed by atoms with E-state index in [0.29, 0.717) is 18.7 Å². The van der Waals surface area contributed by atoms with Crippen LogP contribution in [0.25, 0.3) is 16.7 Å². The SMILES string of the molecule is Cc1nc2cc(C(=O)N3CCC(OCCCN)CC3)ccc2n1-c1ccccc1. The van der Waals surface area contributed by atoms with Gasteiger partial charge < -0.3 is 15.4 Å². The third kappa shape index (κ3) is 4.18. The van der Waals surface area contributed by atoms with Crippen LogP contribution >= 0.6 is 0 Å². The molecular weight excluding hydrogens is 364 g/mol. The van der Waals surface area contributed by atoms with Crippen molar-refractivity contribution in [1.29, 1.82) is 0 Å². The van der Waals surface area contributed by atoms with Gasteiger partial charge in [0.25, 0.3) is 5.91 Å². The van der Waals surface area contributed by atoms with Crippen LogP contribution in [0.1, 0.15) is 35.4 Å². The first-order valence-corrected chi connectivity index (χ1v) is 10.3. The van der Waals surface area contributed by atoms with Gasteiger partial charge in [-0.15, -0.1) is 0 Å². The van der Waals surface area contributed by atoms with Gasteiger partial charge in [0, 0.05) is 30.9 Å². The van der Waals surface area contributed by atoms with Gasteiger partial charge in [-0.2, -0.15) is 0 Å². The fraction of sp³-hybridized carbons (Fsp3) is 0.391. The van der Waals surface area contributed by atoms with Gasteiger partial charge in [-0.25, -0.2) is 4.98 Å². The molecule has 1 saturated heterocycles. The second-order valence-electron chi connectivity index (χ2n) is 7.54. The zero-order chi connectivity index (χ0) is 20.2. The normalized spacial score (nSPS) is 15.2. The van der Waals surface area contributed by atoms with E-state index in [1.165, 1.54) is 0 Å². The molecule has 0 bridgehead atoms. The Kier molecular flexibility index (Phi) is 5.92. The number of nitrogens with two attached hydrogens (primary N) is 1. The lowest BCUT2D eigenvalue weighted by Gasteiger charge is -2.32. The number of imidazole rings is 1. The third-order valence-electron chi connectivity index (χ3n) is 5.51. The molecule has 1 fully saturated rings. The first-order chi connectivity index (χ1) is 14.2. The second kappa shape index (κ2) is 8.76. The summed E-state index contributed by atoms with van der Waals surface area (Å²) in [5.74, 6) is 0.977. The number of hydrogen-bond acceptors (Lipinski definition) is 4. The maximum atomic E-state index is 13.0. The molecule has 1 amide bonds. The minimum atomic E-state index is 0.0687. The molecule has 0 atom stereocenters. The van der Waals surface area contributed by atoms with Gasteiger partial charge in [-0.3, -0.25) is 9.36 Å². The first kappa shape index (κ1) is 19.6. The third-order valence-corrected chi connectivity index (χ3v) is 5.51. The van der Waals surface area contributed by atoms with E-state index in [4.69, 9.17) is 15.5 Å².